The lowest BCUT2D eigenvalue weighted by molar-refractivity contribution is -0.401. The predicted molar refractivity (Wildman–Crippen MR) is 86.8 cm³/mol. The molecule has 3 rings (SSSR count). The molecule has 0 aromatic carbocycles. The van der Waals surface area contributed by atoms with Crippen LogP contribution in [0.3, 0.4) is 0 Å². The zero-order valence-electron chi connectivity index (χ0n) is 12.3. The third-order valence-electron chi connectivity index (χ3n) is 3.11. The number of anilines is 1. The van der Waals surface area contributed by atoms with E-state index in [2.05, 4.69) is 15.3 Å². The summed E-state index contributed by atoms with van der Waals surface area (Å²) >= 11 is 1.53. The Hall–Kier alpha value is -2.52. The minimum Gasteiger partial charge on any atom is -0.397 e. The normalized spacial score (nSPS) is 11.0. The molecule has 0 radical (unpaired) electrons. The summed E-state index contributed by atoms with van der Waals surface area (Å²) in [7, 11) is 1.66. The minimum atomic E-state index is -0.587. The van der Waals surface area contributed by atoms with Crippen LogP contribution >= 0.6 is 11.3 Å². The smallest absolute Gasteiger partial charge is 0.397 e. The summed E-state index contributed by atoms with van der Waals surface area (Å²) in [5.74, 6) is 0.946. The third kappa shape index (κ3) is 3.30. The molecule has 0 aliphatic heterocycles. The van der Waals surface area contributed by atoms with Crippen molar-refractivity contribution in [2.45, 2.75) is 6.42 Å². The van der Waals surface area contributed by atoms with Gasteiger partial charge in [0.15, 0.2) is 11.6 Å². The lowest BCUT2D eigenvalue weighted by Crippen LogP contribution is -2.07. The molecule has 0 aliphatic carbocycles. The molecular weight excluding hydrogens is 320 g/mol. The fourth-order valence-corrected chi connectivity index (χ4v) is 2.86. The number of methoxy groups -OCH3 is 1. The number of thiophene rings is 1. The Morgan fingerprint density at radius 3 is 3.00 bits per heavy atom. The molecule has 0 saturated heterocycles. The molecule has 0 spiro atoms. The maximum atomic E-state index is 10.7. The first-order chi connectivity index (χ1) is 11.2. The first-order valence-electron chi connectivity index (χ1n) is 6.91. The third-order valence-corrected chi connectivity index (χ3v) is 4.02. The van der Waals surface area contributed by atoms with E-state index in [0.717, 1.165) is 16.6 Å². The van der Waals surface area contributed by atoms with Gasteiger partial charge in [0.05, 0.1) is 16.3 Å². The fraction of sp³-hybridized carbons (Fsp3) is 0.286. The van der Waals surface area contributed by atoms with E-state index in [9.17, 15) is 10.1 Å². The number of furan rings is 1. The number of hydrogen-bond acceptors (Lipinski definition) is 8. The summed E-state index contributed by atoms with van der Waals surface area (Å²) in [6.45, 7) is 1.36. The summed E-state index contributed by atoms with van der Waals surface area (Å²) in [5, 5.41) is 15.9. The van der Waals surface area contributed by atoms with Crippen molar-refractivity contribution in [2.75, 3.05) is 25.6 Å². The van der Waals surface area contributed by atoms with Crippen LogP contribution in [0.25, 0.3) is 21.8 Å². The quantitative estimate of drug-likeness (QED) is 0.401. The van der Waals surface area contributed by atoms with Gasteiger partial charge >= 0.3 is 5.88 Å². The van der Waals surface area contributed by atoms with Crippen molar-refractivity contribution in [3.05, 3.63) is 33.7 Å². The van der Waals surface area contributed by atoms with Gasteiger partial charge in [0.1, 0.15) is 10.7 Å². The molecule has 120 valence electrons. The number of hydrogen-bond donors (Lipinski definition) is 1. The Morgan fingerprint density at radius 2 is 2.26 bits per heavy atom. The largest absolute Gasteiger partial charge is 0.433 e. The van der Waals surface area contributed by atoms with Crippen LogP contribution in [0.5, 0.6) is 0 Å². The average molecular weight is 334 g/mol. The van der Waals surface area contributed by atoms with Crippen molar-refractivity contribution in [3.63, 3.8) is 0 Å². The van der Waals surface area contributed by atoms with Gasteiger partial charge in [0.2, 0.25) is 0 Å². The van der Waals surface area contributed by atoms with E-state index >= 15 is 0 Å². The SMILES string of the molecule is COCCCNc1nc(-c2ccc([N+](=O)[O-])o2)nc2ccsc12. The first-order valence-corrected chi connectivity index (χ1v) is 7.79. The second kappa shape index (κ2) is 6.71. The van der Waals surface area contributed by atoms with Gasteiger partial charge in [-0.1, -0.05) is 0 Å². The summed E-state index contributed by atoms with van der Waals surface area (Å²) in [6.07, 6.45) is 0.842. The minimum absolute atomic E-state index is 0.268. The first kappa shape index (κ1) is 15.4. The highest BCUT2D eigenvalue weighted by Gasteiger charge is 2.17. The molecule has 23 heavy (non-hydrogen) atoms. The van der Waals surface area contributed by atoms with Gasteiger partial charge in [-0.3, -0.25) is 10.1 Å². The van der Waals surface area contributed by atoms with Crippen molar-refractivity contribution in [1.29, 1.82) is 0 Å². The highest BCUT2D eigenvalue weighted by molar-refractivity contribution is 7.17. The van der Waals surface area contributed by atoms with Crippen LogP contribution in [0.2, 0.25) is 0 Å². The van der Waals surface area contributed by atoms with Crippen molar-refractivity contribution < 1.29 is 14.1 Å². The van der Waals surface area contributed by atoms with Gasteiger partial charge < -0.3 is 14.5 Å². The molecule has 0 atom stereocenters. The van der Waals surface area contributed by atoms with E-state index in [4.69, 9.17) is 9.15 Å². The van der Waals surface area contributed by atoms with Crippen molar-refractivity contribution in [1.82, 2.24) is 9.97 Å². The standard InChI is InChI=1S/C14H14N4O4S/c1-21-7-2-6-15-14-12-9(5-8-23-12)16-13(17-14)10-3-4-11(22-10)18(19)20/h3-5,8H,2,6-7H2,1H3,(H,15,16,17). The number of nitro groups is 1. The summed E-state index contributed by atoms with van der Waals surface area (Å²) in [4.78, 5) is 19.0. The second-order valence-electron chi connectivity index (χ2n) is 4.70. The monoisotopic (exact) mass is 334 g/mol. The lowest BCUT2D eigenvalue weighted by atomic mass is 10.3. The summed E-state index contributed by atoms with van der Waals surface area (Å²) in [6, 6.07) is 4.67. The highest BCUT2D eigenvalue weighted by Crippen LogP contribution is 2.30. The Kier molecular flexibility index (Phi) is 4.49. The zero-order chi connectivity index (χ0) is 16.2. The molecule has 0 aliphatic rings. The van der Waals surface area contributed by atoms with E-state index in [1.54, 1.807) is 7.11 Å². The predicted octanol–water partition coefficient (Wildman–Crippen LogP) is 3.31. The molecule has 8 nitrogen and oxygen atoms in total. The van der Waals surface area contributed by atoms with Crippen molar-refractivity contribution in [2.24, 2.45) is 0 Å². The van der Waals surface area contributed by atoms with Gasteiger partial charge in [0, 0.05) is 20.3 Å². The molecule has 3 heterocycles. The molecule has 0 bridgehead atoms. The number of rotatable bonds is 7. The van der Waals surface area contributed by atoms with Crippen LogP contribution in [-0.2, 0) is 4.74 Å². The van der Waals surface area contributed by atoms with Crippen molar-refractivity contribution in [3.8, 4) is 11.6 Å². The Bertz CT molecular complexity index is 829. The molecule has 9 heteroatoms. The molecule has 3 aromatic rings. The lowest BCUT2D eigenvalue weighted by Gasteiger charge is -2.07. The average Bonchev–Trinajstić information content (AvgIpc) is 3.19. The van der Waals surface area contributed by atoms with Crippen LogP contribution in [0, 0.1) is 10.1 Å². The van der Waals surface area contributed by atoms with Crippen LogP contribution in [0.1, 0.15) is 6.42 Å². The fourth-order valence-electron chi connectivity index (χ4n) is 2.06. The zero-order valence-corrected chi connectivity index (χ0v) is 13.1. The van der Waals surface area contributed by atoms with Crippen LogP contribution in [0.15, 0.2) is 28.0 Å². The maximum Gasteiger partial charge on any atom is 0.433 e. The molecule has 0 fully saturated rings. The van der Waals surface area contributed by atoms with E-state index < -0.39 is 4.92 Å². The number of fused-ring (bicyclic) bond motifs is 1. The van der Waals surface area contributed by atoms with Crippen LogP contribution < -0.4 is 5.32 Å². The van der Waals surface area contributed by atoms with E-state index in [1.807, 2.05) is 11.4 Å². The molecule has 0 saturated carbocycles. The number of aromatic nitrogens is 2. The number of nitrogens with zero attached hydrogens (tertiary/aromatic N) is 3. The highest BCUT2D eigenvalue weighted by atomic mass is 32.1. The van der Waals surface area contributed by atoms with E-state index in [-0.39, 0.29) is 11.6 Å². The van der Waals surface area contributed by atoms with Gasteiger partial charge in [-0.15, -0.1) is 11.3 Å². The molecular formula is C14H14N4O4S. The summed E-state index contributed by atoms with van der Waals surface area (Å²) < 4.78 is 11.1. The van der Waals surface area contributed by atoms with Crippen LogP contribution in [-0.4, -0.2) is 35.2 Å². The van der Waals surface area contributed by atoms with Gasteiger partial charge in [-0.25, -0.2) is 9.97 Å². The number of nitrogens with one attached hydrogen (secondary N) is 1. The molecule has 3 aromatic heterocycles. The maximum absolute atomic E-state index is 10.7. The van der Waals surface area contributed by atoms with Crippen molar-refractivity contribution >= 4 is 33.3 Å². The topological polar surface area (TPSA) is 103 Å². The van der Waals surface area contributed by atoms with E-state index in [0.29, 0.717) is 24.8 Å². The van der Waals surface area contributed by atoms with Crippen LogP contribution in [0.4, 0.5) is 11.7 Å². The molecule has 0 unspecified atom stereocenters. The van der Waals surface area contributed by atoms with Gasteiger partial charge in [-0.05, 0) is 23.9 Å². The molecule has 1 N–H and O–H groups in total. The molecule has 0 amide bonds. The summed E-state index contributed by atoms with van der Waals surface area (Å²) in [5.41, 5.74) is 0.772. The van der Waals surface area contributed by atoms with Gasteiger partial charge in [-0.2, -0.15) is 0 Å². The second-order valence-corrected chi connectivity index (χ2v) is 5.62. The van der Waals surface area contributed by atoms with Gasteiger partial charge in [0.25, 0.3) is 0 Å². The Morgan fingerprint density at radius 1 is 1.39 bits per heavy atom. The number of ether oxygens (including phenoxy) is 1. The Balaban J connectivity index is 1.92. The van der Waals surface area contributed by atoms with E-state index in [1.165, 1.54) is 23.5 Å². The Labute approximate surface area is 135 Å².